The monoisotopic (exact) mass is 345 g/mol. The number of carbonyl (C=O) groups excluding carboxylic acids is 1. The largest absolute Gasteiger partial charge is 0.457 e. The van der Waals surface area contributed by atoms with Crippen LogP contribution in [0.15, 0.2) is 40.8 Å². The molecule has 24 heavy (non-hydrogen) atoms. The molecule has 1 aliphatic rings. The fourth-order valence-electron chi connectivity index (χ4n) is 2.60. The summed E-state index contributed by atoms with van der Waals surface area (Å²) in [6.45, 7) is 3.31. The molecular weight excluding hydrogens is 326 g/mol. The van der Waals surface area contributed by atoms with Gasteiger partial charge in [-0.15, -0.1) is 0 Å². The van der Waals surface area contributed by atoms with Crippen LogP contribution in [0.3, 0.4) is 0 Å². The average Bonchev–Trinajstić information content (AvgIpc) is 3.02. The summed E-state index contributed by atoms with van der Waals surface area (Å²) in [5, 5.41) is 0.536. The second kappa shape index (κ2) is 7.11. The molecule has 5 nitrogen and oxygen atoms in total. The Bertz CT molecular complexity index is 761. The molecule has 0 saturated carbocycles. The fraction of sp³-hybridized carbons (Fsp3) is 0.278. The summed E-state index contributed by atoms with van der Waals surface area (Å²) >= 11 is 6.19. The number of nitrogens with two attached hydrogens (primary N) is 1. The van der Waals surface area contributed by atoms with Crippen molar-refractivity contribution in [2.24, 2.45) is 0 Å². The number of halogens is 1. The summed E-state index contributed by atoms with van der Waals surface area (Å²) in [5.74, 6) is 1.26. The van der Waals surface area contributed by atoms with Gasteiger partial charge in [-0.25, -0.2) is 0 Å². The van der Waals surface area contributed by atoms with Crippen LogP contribution in [0.5, 0.6) is 0 Å². The maximum Gasteiger partial charge on any atom is 0.246 e. The van der Waals surface area contributed by atoms with Crippen LogP contribution in [-0.4, -0.2) is 48.9 Å². The minimum absolute atomic E-state index is 0.00608. The van der Waals surface area contributed by atoms with Crippen molar-refractivity contribution in [2.75, 3.05) is 39.0 Å². The highest BCUT2D eigenvalue weighted by Crippen LogP contribution is 2.31. The molecule has 0 spiro atoms. The van der Waals surface area contributed by atoms with Crippen molar-refractivity contribution in [3.05, 3.63) is 47.2 Å². The molecule has 1 amide bonds. The summed E-state index contributed by atoms with van der Waals surface area (Å²) in [6.07, 6.45) is 3.24. The van der Waals surface area contributed by atoms with Gasteiger partial charge in [0, 0.05) is 43.5 Å². The summed E-state index contributed by atoms with van der Waals surface area (Å²) < 4.78 is 5.75. The highest BCUT2D eigenvalue weighted by Gasteiger charge is 2.17. The predicted octanol–water partition coefficient (Wildman–Crippen LogP) is 2.97. The van der Waals surface area contributed by atoms with Gasteiger partial charge in [-0.05, 0) is 43.5 Å². The fourth-order valence-corrected chi connectivity index (χ4v) is 2.89. The zero-order valence-electron chi connectivity index (χ0n) is 13.5. The number of hydrogen-bond donors (Lipinski definition) is 1. The average molecular weight is 346 g/mol. The van der Waals surface area contributed by atoms with E-state index in [9.17, 15) is 4.79 Å². The van der Waals surface area contributed by atoms with Crippen LogP contribution in [0.1, 0.15) is 5.76 Å². The second-order valence-corrected chi connectivity index (χ2v) is 6.31. The van der Waals surface area contributed by atoms with E-state index in [4.69, 9.17) is 21.8 Å². The van der Waals surface area contributed by atoms with Crippen LogP contribution in [0.2, 0.25) is 5.02 Å². The molecule has 0 unspecified atom stereocenters. The molecule has 1 fully saturated rings. The lowest BCUT2D eigenvalue weighted by Crippen LogP contribution is -2.46. The van der Waals surface area contributed by atoms with Crippen LogP contribution in [0, 0.1) is 0 Å². The number of nitrogen functional groups attached to an aromatic ring is 1. The van der Waals surface area contributed by atoms with E-state index in [1.165, 1.54) is 0 Å². The third-order valence-corrected chi connectivity index (χ3v) is 4.40. The number of likely N-dealkylation sites (N-methyl/N-ethyl adjacent to an activating group) is 1. The second-order valence-electron chi connectivity index (χ2n) is 5.90. The van der Waals surface area contributed by atoms with E-state index in [0.29, 0.717) is 22.2 Å². The smallest absolute Gasteiger partial charge is 0.246 e. The highest BCUT2D eigenvalue weighted by atomic mass is 35.5. The number of hydrogen-bond acceptors (Lipinski definition) is 4. The molecule has 1 aliphatic heterocycles. The number of amides is 1. The Labute approximate surface area is 146 Å². The molecule has 1 saturated heterocycles. The normalized spacial score (nSPS) is 16.0. The van der Waals surface area contributed by atoms with Crippen LogP contribution >= 0.6 is 11.6 Å². The summed E-state index contributed by atoms with van der Waals surface area (Å²) in [6, 6.07) is 8.93. The van der Waals surface area contributed by atoms with Gasteiger partial charge in [-0.1, -0.05) is 11.6 Å². The van der Waals surface area contributed by atoms with Crippen molar-refractivity contribution in [1.29, 1.82) is 0 Å². The van der Waals surface area contributed by atoms with Crippen LogP contribution in [-0.2, 0) is 4.79 Å². The van der Waals surface area contributed by atoms with Crippen molar-refractivity contribution in [2.45, 2.75) is 0 Å². The first kappa shape index (κ1) is 16.6. The summed E-state index contributed by atoms with van der Waals surface area (Å²) in [4.78, 5) is 16.2. The molecule has 0 atom stereocenters. The van der Waals surface area contributed by atoms with Gasteiger partial charge in [0.2, 0.25) is 5.91 Å². The molecule has 126 valence electrons. The van der Waals surface area contributed by atoms with Crippen molar-refractivity contribution in [3.8, 4) is 11.3 Å². The summed E-state index contributed by atoms with van der Waals surface area (Å²) in [5.41, 5.74) is 7.08. The summed E-state index contributed by atoms with van der Waals surface area (Å²) in [7, 11) is 2.06. The minimum atomic E-state index is 0.00608. The van der Waals surface area contributed by atoms with E-state index in [1.807, 2.05) is 23.1 Å². The zero-order chi connectivity index (χ0) is 17.1. The Balaban J connectivity index is 1.68. The van der Waals surface area contributed by atoms with Crippen LogP contribution in [0.4, 0.5) is 5.69 Å². The molecule has 6 heteroatoms. The van der Waals surface area contributed by atoms with E-state index >= 15 is 0 Å². The van der Waals surface area contributed by atoms with Gasteiger partial charge < -0.3 is 20.0 Å². The van der Waals surface area contributed by atoms with Gasteiger partial charge in [-0.2, -0.15) is 0 Å². The maximum absolute atomic E-state index is 12.2. The predicted molar refractivity (Wildman–Crippen MR) is 96.7 cm³/mol. The van der Waals surface area contributed by atoms with Gasteiger partial charge >= 0.3 is 0 Å². The Kier molecular flexibility index (Phi) is 4.92. The lowest BCUT2D eigenvalue weighted by molar-refractivity contribution is -0.127. The van der Waals surface area contributed by atoms with Crippen molar-refractivity contribution < 1.29 is 9.21 Å². The van der Waals surface area contributed by atoms with Gasteiger partial charge in [0.25, 0.3) is 0 Å². The Morgan fingerprint density at radius 1 is 1.21 bits per heavy atom. The Morgan fingerprint density at radius 2 is 1.96 bits per heavy atom. The third-order valence-electron chi connectivity index (χ3n) is 4.09. The van der Waals surface area contributed by atoms with Gasteiger partial charge in [-0.3, -0.25) is 4.79 Å². The van der Waals surface area contributed by atoms with Crippen molar-refractivity contribution in [3.63, 3.8) is 0 Å². The number of piperazine rings is 1. The number of benzene rings is 1. The van der Waals surface area contributed by atoms with Gasteiger partial charge in [0.1, 0.15) is 11.5 Å². The van der Waals surface area contributed by atoms with E-state index < -0.39 is 0 Å². The lowest BCUT2D eigenvalue weighted by atomic mass is 10.1. The molecule has 2 aromatic rings. The molecule has 3 rings (SSSR count). The molecule has 1 aromatic carbocycles. The highest BCUT2D eigenvalue weighted by molar-refractivity contribution is 6.33. The molecule has 0 radical (unpaired) electrons. The van der Waals surface area contributed by atoms with E-state index in [2.05, 4.69) is 11.9 Å². The number of nitrogens with zero attached hydrogens (tertiary/aromatic N) is 2. The first-order valence-electron chi connectivity index (χ1n) is 7.84. The zero-order valence-corrected chi connectivity index (χ0v) is 14.3. The number of carbonyl (C=O) groups is 1. The SMILES string of the molecule is CN1CCN(C(=O)/C=C/c2ccc(-c3ccc(N)cc3Cl)o2)CC1. The maximum atomic E-state index is 12.2. The first-order valence-corrected chi connectivity index (χ1v) is 8.21. The number of furan rings is 1. The lowest BCUT2D eigenvalue weighted by Gasteiger charge is -2.31. The topological polar surface area (TPSA) is 62.7 Å². The third kappa shape index (κ3) is 3.80. The van der Waals surface area contributed by atoms with E-state index in [-0.39, 0.29) is 5.91 Å². The quantitative estimate of drug-likeness (QED) is 0.686. The van der Waals surface area contributed by atoms with Crippen LogP contribution in [0.25, 0.3) is 17.4 Å². The number of rotatable bonds is 3. The van der Waals surface area contributed by atoms with Gasteiger partial charge in [0.15, 0.2) is 0 Å². The molecule has 2 heterocycles. The molecule has 0 bridgehead atoms. The van der Waals surface area contributed by atoms with Crippen molar-refractivity contribution >= 4 is 29.3 Å². The van der Waals surface area contributed by atoms with E-state index in [0.717, 1.165) is 31.7 Å². The minimum Gasteiger partial charge on any atom is -0.457 e. The molecule has 2 N–H and O–H groups in total. The van der Waals surface area contributed by atoms with Crippen LogP contribution < -0.4 is 5.73 Å². The molecule has 0 aliphatic carbocycles. The first-order chi connectivity index (χ1) is 11.5. The Morgan fingerprint density at radius 3 is 2.67 bits per heavy atom. The van der Waals surface area contributed by atoms with Gasteiger partial charge in [0.05, 0.1) is 5.02 Å². The van der Waals surface area contributed by atoms with E-state index in [1.54, 1.807) is 24.3 Å². The van der Waals surface area contributed by atoms with Crippen molar-refractivity contribution in [1.82, 2.24) is 9.80 Å². The molecule has 1 aromatic heterocycles. The number of anilines is 1. The standard InChI is InChI=1S/C18H20ClN3O2/c1-21-8-10-22(11-9-21)18(23)7-4-14-3-6-17(24-14)15-5-2-13(20)12-16(15)19/h2-7,12H,8-11,20H2,1H3/b7-4+. The molecular formula is C18H20ClN3O2. The Hall–Kier alpha value is -2.24.